The molecule has 0 saturated heterocycles. The number of carbonyl (C=O) groups excluding carboxylic acids is 1. The second kappa shape index (κ2) is 6.40. The highest BCUT2D eigenvalue weighted by molar-refractivity contribution is 5.96. The van der Waals surface area contributed by atoms with Crippen molar-refractivity contribution in [3.63, 3.8) is 0 Å². The summed E-state index contributed by atoms with van der Waals surface area (Å²) in [5.74, 6) is -0.0145. The maximum absolute atomic E-state index is 12.8. The number of hydrogen-bond acceptors (Lipinski definition) is 2. The third-order valence-electron chi connectivity index (χ3n) is 3.77. The third kappa shape index (κ3) is 3.40. The minimum absolute atomic E-state index is 0.0145. The number of benzene rings is 1. The van der Waals surface area contributed by atoms with Crippen molar-refractivity contribution in [3.8, 4) is 0 Å². The Morgan fingerprint density at radius 1 is 1.20 bits per heavy atom. The van der Waals surface area contributed by atoms with Gasteiger partial charge in [-0.1, -0.05) is 25.1 Å². The van der Waals surface area contributed by atoms with Gasteiger partial charge in [-0.15, -0.1) is 0 Å². The van der Waals surface area contributed by atoms with E-state index in [1.54, 1.807) is 13.0 Å². The second-order valence-corrected chi connectivity index (χ2v) is 6.07. The Hall–Kier alpha value is -1.35. The van der Waals surface area contributed by atoms with Crippen molar-refractivity contribution in [2.24, 2.45) is 0 Å². The van der Waals surface area contributed by atoms with Crippen LogP contribution < -0.4 is 0 Å². The van der Waals surface area contributed by atoms with E-state index in [9.17, 15) is 9.90 Å². The van der Waals surface area contributed by atoms with Crippen LogP contribution in [0, 0.1) is 0 Å². The summed E-state index contributed by atoms with van der Waals surface area (Å²) in [5.41, 5.74) is 0.326. The van der Waals surface area contributed by atoms with Gasteiger partial charge in [0, 0.05) is 17.6 Å². The predicted octanol–water partition coefficient (Wildman–Crippen LogP) is 3.56. The Morgan fingerprint density at radius 2 is 1.70 bits per heavy atom. The normalized spacial score (nSPS) is 14.4. The van der Waals surface area contributed by atoms with Crippen LogP contribution in [0.3, 0.4) is 0 Å². The van der Waals surface area contributed by atoms with Gasteiger partial charge in [0.2, 0.25) is 0 Å². The molecule has 0 aromatic heterocycles. The molecule has 0 heterocycles. The number of rotatable bonds is 5. The lowest BCUT2D eigenvalue weighted by Gasteiger charge is -2.33. The molecular weight excluding hydrogens is 250 g/mol. The van der Waals surface area contributed by atoms with Gasteiger partial charge in [-0.3, -0.25) is 4.79 Å². The van der Waals surface area contributed by atoms with E-state index < -0.39 is 5.60 Å². The smallest absolute Gasteiger partial charge is 0.254 e. The summed E-state index contributed by atoms with van der Waals surface area (Å²) < 4.78 is 0. The van der Waals surface area contributed by atoms with Crippen LogP contribution in [0.2, 0.25) is 0 Å². The molecule has 0 aliphatic carbocycles. The standard InChI is InChI=1S/C17H27NO2/c1-7-17(6,20)15-11-9-8-10-14(15)16(19)18(12(2)3)13(4)5/h8-13,20H,7H2,1-6H3. The molecule has 1 rings (SSSR count). The van der Waals surface area contributed by atoms with Crippen LogP contribution in [0.1, 0.15) is 63.9 Å². The van der Waals surface area contributed by atoms with Gasteiger partial charge in [0.1, 0.15) is 0 Å². The van der Waals surface area contributed by atoms with Crippen molar-refractivity contribution in [1.82, 2.24) is 4.90 Å². The summed E-state index contributed by atoms with van der Waals surface area (Å²) in [6.45, 7) is 11.7. The van der Waals surface area contributed by atoms with Crippen LogP contribution in [-0.2, 0) is 5.60 Å². The first kappa shape index (κ1) is 16.7. The van der Waals surface area contributed by atoms with E-state index in [1.807, 2.05) is 57.7 Å². The van der Waals surface area contributed by atoms with E-state index in [0.717, 1.165) is 0 Å². The first-order valence-corrected chi connectivity index (χ1v) is 7.37. The fourth-order valence-electron chi connectivity index (χ4n) is 2.53. The van der Waals surface area contributed by atoms with Crippen LogP contribution in [-0.4, -0.2) is 28.0 Å². The lowest BCUT2D eigenvalue weighted by atomic mass is 9.88. The van der Waals surface area contributed by atoms with E-state index in [1.165, 1.54) is 0 Å². The van der Waals surface area contributed by atoms with Gasteiger partial charge in [-0.25, -0.2) is 0 Å². The quantitative estimate of drug-likeness (QED) is 0.894. The van der Waals surface area contributed by atoms with E-state index in [2.05, 4.69) is 0 Å². The van der Waals surface area contributed by atoms with Crippen molar-refractivity contribution in [1.29, 1.82) is 0 Å². The zero-order chi connectivity index (χ0) is 15.5. The monoisotopic (exact) mass is 277 g/mol. The molecule has 0 saturated carbocycles. The first-order chi connectivity index (χ1) is 9.22. The number of amides is 1. The number of nitrogens with zero attached hydrogens (tertiary/aromatic N) is 1. The van der Waals surface area contributed by atoms with Gasteiger partial charge in [0.25, 0.3) is 5.91 Å². The Labute approximate surface area is 122 Å². The SMILES string of the molecule is CCC(C)(O)c1ccccc1C(=O)N(C(C)C)C(C)C. The molecule has 0 spiro atoms. The lowest BCUT2D eigenvalue weighted by Crippen LogP contribution is -2.43. The summed E-state index contributed by atoms with van der Waals surface area (Å²) in [4.78, 5) is 14.7. The molecule has 0 aliphatic heterocycles. The average Bonchev–Trinajstić information content (AvgIpc) is 2.37. The zero-order valence-corrected chi connectivity index (χ0v) is 13.5. The summed E-state index contributed by atoms with van der Waals surface area (Å²) in [6.07, 6.45) is 0.570. The Kier molecular flexibility index (Phi) is 5.35. The molecular formula is C17H27NO2. The van der Waals surface area contributed by atoms with Crippen LogP contribution in [0.4, 0.5) is 0 Å². The van der Waals surface area contributed by atoms with Crippen molar-refractivity contribution < 1.29 is 9.90 Å². The fraction of sp³-hybridized carbons (Fsp3) is 0.588. The number of hydrogen-bond donors (Lipinski definition) is 1. The highest BCUT2D eigenvalue weighted by Crippen LogP contribution is 2.28. The fourth-order valence-corrected chi connectivity index (χ4v) is 2.53. The minimum Gasteiger partial charge on any atom is -0.385 e. The number of aliphatic hydroxyl groups is 1. The molecule has 1 aromatic carbocycles. The summed E-state index contributed by atoms with van der Waals surface area (Å²) in [5, 5.41) is 10.5. The van der Waals surface area contributed by atoms with Crippen molar-refractivity contribution in [2.75, 3.05) is 0 Å². The molecule has 0 aliphatic rings. The largest absolute Gasteiger partial charge is 0.385 e. The van der Waals surface area contributed by atoms with Crippen LogP contribution in [0.5, 0.6) is 0 Å². The molecule has 3 nitrogen and oxygen atoms in total. The van der Waals surface area contributed by atoms with Crippen molar-refractivity contribution in [2.45, 2.75) is 65.6 Å². The Balaban J connectivity index is 3.30. The van der Waals surface area contributed by atoms with Crippen LogP contribution in [0.15, 0.2) is 24.3 Å². The zero-order valence-electron chi connectivity index (χ0n) is 13.5. The molecule has 0 fully saturated rings. The van der Waals surface area contributed by atoms with Gasteiger partial charge in [0.05, 0.1) is 5.60 Å². The first-order valence-electron chi connectivity index (χ1n) is 7.37. The summed E-state index contributed by atoms with van der Waals surface area (Å²) in [6, 6.07) is 7.62. The van der Waals surface area contributed by atoms with E-state index in [4.69, 9.17) is 0 Å². The predicted molar refractivity (Wildman–Crippen MR) is 82.7 cm³/mol. The Morgan fingerprint density at radius 3 is 2.15 bits per heavy atom. The maximum Gasteiger partial charge on any atom is 0.254 e. The molecule has 1 N–H and O–H groups in total. The van der Waals surface area contributed by atoms with E-state index in [0.29, 0.717) is 17.5 Å². The third-order valence-corrected chi connectivity index (χ3v) is 3.77. The second-order valence-electron chi connectivity index (χ2n) is 6.07. The van der Waals surface area contributed by atoms with Crippen molar-refractivity contribution in [3.05, 3.63) is 35.4 Å². The van der Waals surface area contributed by atoms with Gasteiger partial charge >= 0.3 is 0 Å². The molecule has 1 amide bonds. The molecule has 20 heavy (non-hydrogen) atoms. The molecule has 3 heteroatoms. The van der Waals surface area contributed by atoms with Gasteiger partial charge in [-0.05, 0) is 52.7 Å². The van der Waals surface area contributed by atoms with Gasteiger partial charge in [-0.2, -0.15) is 0 Å². The molecule has 0 bridgehead atoms. The summed E-state index contributed by atoms with van der Waals surface area (Å²) >= 11 is 0. The molecule has 1 aromatic rings. The molecule has 1 unspecified atom stereocenters. The highest BCUT2D eigenvalue weighted by atomic mass is 16.3. The molecule has 0 radical (unpaired) electrons. The van der Waals surface area contributed by atoms with E-state index >= 15 is 0 Å². The highest BCUT2D eigenvalue weighted by Gasteiger charge is 2.29. The minimum atomic E-state index is -0.980. The van der Waals surface area contributed by atoms with Crippen LogP contribution in [0.25, 0.3) is 0 Å². The van der Waals surface area contributed by atoms with Crippen molar-refractivity contribution >= 4 is 5.91 Å². The maximum atomic E-state index is 12.8. The summed E-state index contributed by atoms with van der Waals surface area (Å²) in [7, 11) is 0. The average molecular weight is 277 g/mol. The van der Waals surface area contributed by atoms with Gasteiger partial charge in [0.15, 0.2) is 0 Å². The lowest BCUT2D eigenvalue weighted by molar-refractivity contribution is 0.0473. The molecule has 1 atom stereocenters. The Bertz CT molecular complexity index is 456. The van der Waals surface area contributed by atoms with E-state index in [-0.39, 0.29) is 18.0 Å². The van der Waals surface area contributed by atoms with Crippen LogP contribution >= 0.6 is 0 Å². The molecule has 112 valence electrons. The van der Waals surface area contributed by atoms with Gasteiger partial charge < -0.3 is 10.0 Å². The number of carbonyl (C=O) groups is 1. The topological polar surface area (TPSA) is 40.5 Å².